The van der Waals surface area contributed by atoms with Gasteiger partial charge in [0.15, 0.2) is 11.5 Å². The minimum absolute atomic E-state index is 0.00580. The van der Waals surface area contributed by atoms with Gasteiger partial charge < -0.3 is 14.8 Å². The number of benzene rings is 2. The molecule has 0 fully saturated rings. The molecule has 0 aliphatic rings. The van der Waals surface area contributed by atoms with E-state index in [-0.39, 0.29) is 18.0 Å². The molecule has 0 bridgehead atoms. The van der Waals surface area contributed by atoms with Gasteiger partial charge in [0.2, 0.25) is 0 Å². The van der Waals surface area contributed by atoms with Crippen molar-refractivity contribution in [2.75, 3.05) is 13.7 Å². The number of carbonyl (C=O) groups excluding carboxylic acids is 2. The quantitative estimate of drug-likeness (QED) is 0.251. The summed E-state index contributed by atoms with van der Waals surface area (Å²) < 4.78 is 10.8. The van der Waals surface area contributed by atoms with E-state index in [1.54, 1.807) is 18.2 Å². The summed E-state index contributed by atoms with van der Waals surface area (Å²) in [7, 11) is 1.47. The number of nitrogens with zero attached hydrogens (tertiary/aromatic N) is 1. The van der Waals surface area contributed by atoms with Gasteiger partial charge in [-0.15, -0.1) is 0 Å². The number of aryl methyl sites for hydroxylation is 1. The largest absolute Gasteiger partial charge is 0.493 e. The van der Waals surface area contributed by atoms with Gasteiger partial charge in [-0.3, -0.25) is 9.59 Å². The minimum atomic E-state index is -0.426. The molecule has 0 unspecified atom stereocenters. The number of methoxy groups -OCH3 is 1. The van der Waals surface area contributed by atoms with E-state index >= 15 is 0 Å². The van der Waals surface area contributed by atoms with Gasteiger partial charge in [0, 0.05) is 13.0 Å². The van der Waals surface area contributed by atoms with Crippen LogP contribution in [-0.4, -0.2) is 25.5 Å². The van der Waals surface area contributed by atoms with Crippen molar-refractivity contribution in [2.24, 2.45) is 0 Å². The Hall–Kier alpha value is -3.59. The fourth-order valence-corrected chi connectivity index (χ4v) is 3.00. The van der Waals surface area contributed by atoms with Crippen LogP contribution in [-0.2, 0) is 16.0 Å². The summed E-state index contributed by atoms with van der Waals surface area (Å²) in [6.45, 7) is 6.72. The molecule has 2 aromatic carbocycles. The first kappa shape index (κ1) is 24.7. The van der Waals surface area contributed by atoms with Gasteiger partial charge in [0.05, 0.1) is 7.11 Å². The average Bonchev–Trinajstić information content (AvgIpc) is 2.80. The molecule has 6 heteroatoms. The lowest BCUT2D eigenvalue weighted by molar-refractivity contribution is -0.134. The average molecular weight is 435 g/mol. The van der Waals surface area contributed by atoms with Crippen molar-refractivity contribution in [1.82, 2.24) is 5.32 Å². The summed E-state index contributed by atoms with van der Waals surface area (Å²) in [5, 5.41) is 11.9. The van der Waals surface area contributed by atoms with Crippen molar-refractivity contribution in [3.8, 4) is 17.6 Å². The normalized spacial score (nSPS) is 11.1. The number of nitrogens with one attached hydrogen (secondary N) is 1. The third-order valence-electron chi connectivity index (χ3n) is 4.89. The standard InChI is InChI=1S/C26H30N2O4/c1-5-14-28-26(30)22(17-27)15-20-8-12-23(24(16-20)31-4)32-25(29)13-9-19-6-10-21(11-7-19)18(2)3/h6-8,10-12,15-16,18H,5,9,13-14H2,1-4H3,(H,28,30)/b22-15+. The third kappa shape index (κ3) is 7.28. The number of nitriles is 1. The summed E-state index contributed by atoms with van der Waals surface area (Å²) in [6, 6.07) is 15.0. The monoisotopic (exact) mass is 434 g/mol. The van der Waals surface area contributed by atoms with Crippen LogP contribution < -0.4 is 14.8 Å². The van der Waals surface area contributed by atoms with Gasteiger partial charge in [0.1, 0.15) is 11.6 Å². The van der Waals surface area contributed by atoms with E-state index in [1.165, 1.54) is 18.7 Å². The Morgan fingerprint density at radius 1 is 1.12 bits per heavy atom. The first-order valence-electron chi connectivity index (χ1n) is 10.8. The molecule has 0 radical (unpaired) electrons. The fourth-order valence-electron chi connectivity index (χ4n) is 3.00. The maximum atomic E-state index is 12.3. The zero-order chi connectivity index (χ0) is 23.5. The maximum absolute atomic E-state index is 12.3. The number of hydrogen-bond donors (Lipinski definition) is 1. The molecule has 0 aromatic heterocycles. The molecule has 0 aliphatic heterocycles. The number of esters is 1. The second-order valence-electron chi connectivity index (χ2n) is 7.71. The van der Waals surface area contributed by atoms with Gasteiger partial charge in [-0.2, -0.15) is 5.26 Å². The minimum Gasteiger partial charge on any atom is -0.493 e. The number of ether oxygens (including phenoxy) is 2. The summed E-state index contributed by atoms with van der Waals surface area (Å²) >= 11 is 0. The highest BCUT2D eigenvalue weighted by molar-refractivity contribution is 6.01. The molecule has 0 spiro atoms. The molecule has 2 rings (SSSR count). The van der Waals surface area contributed by atoms with Crippen LogP contribution in [0.15, 0.2) is 48.0 Å². The predicted octanol–water partition coefficient (Wildman–Crippen LogP) is 4.79. The van der Waals surface area contributed by atoms with Crippen molar-refractivity contribution < 1.29 is 19.1 Å². The molecule has 32 heavy (non-hydrogen) atoms. The molecule has 1 N–H and O–H groups in total. The molecule has 0 saturated carbocycles. The fraction of sp³-hybridized carbons (Fsp3) is 0.346. The molecular weight excluding hydrogens is 404 g/mol. The first-order valence-corrected chi connectivity index (χ1v) is 10.8. The SMILES string of the molecule is CCCNC(=O)/C(C#N)=C/c1ccc(OC(=O)CCc2ccc(C(C)C)cc2)c(OC)c1. The van der Waals surface area contributed by atoms with E-state index in [0.29, 0.717) is 35.9 Å². The van der Waals surface area contributed by atoms with Crippen LogP contribution >= 0.6 is 0 Å². The van der Waals surface area contributed by atoms with E-state index in [9.17, 15) is 14.9 Å². The van der Waals surface area contributed by atoms with Crippen LogP contribution in [0.1, 0.15) is 56.2 Å². The highest BCUT2D eigenvalue weighted by Gasteiger charge is 2.13. The maximum Gasteiger partial charge on any atom is 0.311 e. The van der Waals surface area contributed by atoms with E-state index < -0.39 is 5.91 Å². The highest BCUT2D eigenvalue weighted by atomic mass is 16.6. The Morgan fingerprint density at radius 2 is 1.84 bits per heavy atom. The lowest BCUT2D eigenvalue weighted by Gasteiger charge is -2.11. The predicted molar refractivity (Wildman–Crippen MR) is 124 cm³/mol. The molecule has 0 atom stereocenters. The van der Waals surface area contributed by atoms with E-state index in [0.717, 1.165) is 12.0 Å². The summed E-state index contributed by atoms with van der Waals surface area (Å²) in [6.07, 6.45) is 3.07. The Kier molecular flexibility index (Phi) is 9.49. The zero-order valence-electron chi connectivity index (χ0n) is 19.1. The van der Waals surface area contributed by atoms with Crippen molar-refractivity contribution in [1.29, 1.82) is 5.26 Å². The van der Waals surface area contributed by atoms with Gasteiger partial charge in [-0.1, -0.05) is 51.1 Å². The number of rotatable bonds is 10. The van der Waals surface area contributed by atoms with Crippen LogP contribution in [0, 0.1) is 11.3 Å². The molecule has 2 aromatic rings. The van der Waals surface area contributed by atoms with Gasteiger partial charge >= 0.3 is 5.97 Å². The van der Waals surface area contributed by atoms with Crippen molar-refractivity contribution in [3.63, 3.8) is 0 Å². The number of hydrogen-bond acceptors (Lipinski definition) is 5. The zero-order valence-corrected chi connectivity index (χ0v) is 19.1. The van der Waals surface area contributed by atoms with E-state index in [4.69, 9.17) is 9.47 Å². The van der Waals surface area contributed by atoms with E-state index in [1.807, 2.05) is 25.1 Å². The topological polar surface area (TPSA) is 88.4 Å². The molecule has 0 heterocycles. The second-order valence-corrected chi connectivity index (χ2v) is 7.71. The first-order chi connectivity index (χ1) is 15.4. The Labute approximate surface area is 189 Å². The number of carbonyl (C=O) groups is 2. The van der Waals surface area contributed by atoms with Crippen LogP contribution in [0.25, 0.3) is 6.08 Å². The van der Waals surface area contributed by atoms with Crippen molar-refractivity contribution in [3.05, 3.63) is 64.7 Å². The Balaban J connectivity index is 2.04. The number of amides is 1. The smallest absolute Gasteiger partial charge is 0.311 e. The summed E-state index contributed by atoms with van der Waals surface area (Å²) in [4.78, 5) is 24.4. The van der Waals surface area contributed by atoms with Crippen LogP contribution in [0.4, 0.5) is 0 Å². The molecule has 168 valence electrons. The molecule has 6 nitrogen and oxygen atoms in total. The van der Waals surface area contributed by atoms with Crippen LogP contribution in [0.2, 0.25) is 0 Å². The summed E-state index contributed by atoms with van der Waals surface area (Å²) in [5.74, 6) is 0.314. The van der Waals surface area contributed by atoms with Crippen LogP contribution in [0.3, 0.4) is 0 Å². The Bertz CT molecular complexity index is 1000. The molecular formula is C26H30N2O4. The molecule has 0 aliphatic carbocycles. The van der Waals surface area contributed by atoms with Crippen molar-refractivity contribution in [2.45, 2.75) is 46.0 Å². The van der Waals surface area contributed by atoms with Crippen molar-refractivity contribution >= 4 is 18.0 Å². The Morgan fingerprint density at radius 3 is 2.44 bits per heavy atom. The van der Waals surface area contributed by atoms with Gasteiger partial charge in [0.25, 0.3) is 5.91 Å². The lowest BCUT2D eigenvalue weighted by atomic mass is 10.0. The van der Waals surface area contributed by atoms with E-state index in [2.05, 4.69) is 31.3 Å². The highest BCUT2D eigenvalue weighted by Crippen LogP contribution is 2.29. The second kappa shape index (κ2) is 12.3. The molecule has 1 amide bonds. The van der Waals surface area contributed by atoms with Gasteiger partial charge in [-0.25, -0.2) is 0 Å². The van der Waals surface area contributed by atoms with Crippen LogP contribution in [0.5, 0.6) is 11.5 Å². The molecule has 0 saturated heterocycles. The lowest BCUT2D eigenvalue weighted by Crippen LogP contribution is -2.25. The summed E-state index contributed by atoms with van der Waals surface area (Å²) in [5.41, 5.74) is 2.92. The third-order valence-corrected chi connectivity index (χ3v) is 4.89. The van der Waals surface area contributed by atoms with Gasteiger partial charge in [-0.05, 0) is 53.7 Å².